The van der Waals surface area contributed by atoms with Crippen molar-refractivity contribution in [2.24, 2.45) is 0 Å². The molecule has 2 unspecified atom stereocenters. The van der Waals surface area contributed by atoms with Crippen LogP contribution in [0.3, 0.4) is 0 Å². The normalized spacial score (nSPS) is 24.8. The Morgan fingerprint density at radius 1 is 1.59 bits per heavy atom. The van der Waals surface area contributed by atoms with Gasteiger partial charge in [0.25, 0.3) is 0 Å². The quantitative estimate of drug-likeness (QED) is 0.597. The van der Waals surface area contributed by atoms with Gasteiger partial charge in [0, 0.05) is 26.8 Å². The fourth-order valence-electron chi connectivity index (χ4n) is 1.94. The zero-order chi connectivity index (χ0) is 12.7. The first-order chi connectivity index (χ1) is 8.19. The Bertz CT molecular complexity index is 239. The Hall–Kier alpha value is -0.390. The van der Waals surface area contributed by atoms with Crippen LogP contribution < -0.4 is 5.32 Å². The fraction of sp³-hybridized carbons (Fsp3) is 0.917. The van der Waals surface area contributed by atoms with Crippen LogP contribution in [0.2, 0.25) is 0 Å². The van der Waals surface area contributed by atoms with Gasteiger partial charge in [0.1, 0.15) is 0 Å². The third-order valence-corrected chi connectivity index (χ3v) is 3.38. The van der Waals surface area contributed by atoms with Crippen molar-refractivity contribution in [1.82, 2.24) is 10.2 Å². The maximum absolute atomic E-state index is 5.66. The molecule has 0 aromatic carbocycles. The number of methoxy groups -OCH3 is 1. The number of thiocarbonyl (C=S) groups is 1. The van der Waals surface area contributed by atoms with Crippen molar-refractivity contribution in [2.75, 3.05) is 33.4 Å². The van der Waals surface area contributed by atoms with Gasteiger partial charge in [0.2, 0.25) is 0 Å². The highest BCUT2D eigenvalue weighted by Crippen LogP contribution is 2.14. The van der Waals surface area contributed by atoms with E-state index >= 15 is 0 Å². The van der Waals surface area contributed by atoms with Crippen LogP contribution in [0.25, 0.3) is 0 Å². The monoisotopic (exact) mass is 260 g/mol. The van der Waals surface area contributed by atoms with Crippen LogP contribution in [0.4, 0.5) is 0 Å². The Kier molecular flexibility index (Phi) is 6.77. The van der Waals surface area contributed by atoms with Gasteiger partial charge in [0.05, 0.1) is 18.8 Å². The number of rotatable bonds is 5. The number of hydrogen-bond donors (Lipinski definition) is 1. The summed E-state index contributed by atoms with van der Waals surface area (Å²) in [5.74, 6) is 0. The molecule has 0 bridgehead atoms. The maximum atomic E-state index is 5.66. The Morgan fingerprint density at radius 2 is 2.35 bits per heavy atom. The zero-order valence-corrected chi connectivity index (χ0v) is 11.9. The van der Waals surface area contributed by atoms with Gasteiger partial charge in [-0.1, -0.05) is 6.92 Å². The van der Waals surface area contributed by atoms with Crippen molar-refractivity contribution in [1.29, 1.82) is 0 Å². The highest BCUT2D eigenvalue weighted by atomic mass is 32.1. The van der Waals surface area contributed by atoms with Gasteiger partial charge < -0.3 is 19.7 Å². The molecule has 4 nitrogen and oxygen atoms in total. The Labute approximate surface area is 110 Å². The maximum Gasteiger partial charge on any atom is 0.169 e. The van der Waals surface area contributed by atoms with Gasteiger partial charge in [-0.3, -0.25) is 0 Å². The van der Waals surface area contributed by atoms with Gasteiger partial charge in [0.15, 0.2) is 5.11 Å². The van der Waals surface area contributed by atoms with Crippen molar-refractivity contribution in [2.45, 2.75) is 38.8 Å². The lowest BCUT2D eigenvalue weighted by Crippen LogP contribution is -2.54. The first-order valence-electron chi connectivity index (χ1n) is 6.34. The SMILES string of the molecule is CCC1COC(C)CN1C(=S)NCCCOC. The van der Waals surface area contributed by atoms with Crippen LogP contribution in [0.1, 0.15) is 26.7 Å². The van der Waals surface area contributed by atoms with E-state index in [0.29, 0.717) is 6.04 Å². The van der Waals surface area contributed by atoms with Gasteiger partial charge in [-0.05, 0) is 32.0 Å². The summed E-state index contributed by atoms with van der Waals surface area (Å²) >= 11 is 5.44. The van der Waals surface area contributed by atoms with Crippen LogP contribution in [-0.4, -0.2) is 55.6 Å². The van der Waals surface area contributed by atoms with E-state index in [1.807, 2.05) is 0 Å². The second-order valence-corrected chi connectivity index (χ2v) is 4.82. The molecule has 1 saturated heterocycles. The summed E-state index contributed by atoms with van der Waals surface area (Å²) in [7, 11) is 1.72. The summed E-state index contributed by atoms with van der Waals surface area (Å²) in [5.41, 5.74) is 0. The largest absolute Gasteiger partial charge is 0.385 e. The lowest BCUT2D eigenvalue weighted by molar-refractivity contribution is -0.0286. The predicted octanol–water partition coefficient (Wildman–Crippen LogP) is 1.40. The molecule has 1 rings (SSSR count). The minimum absolute atomic E-state index is 0.261. The molecule has 1 aliphatic heterocycles. The summed E-state index contributed by atoms with van der Waals surface area (Å²) in [6.45, 7) is 7.56. The van der Waals surface area contributed by atoms with Crippen molar-refractivity contribution in [3.8, 4) is 0 Å². The van der Waals surface area contributed by atoms with E-state index in [1.165, 1.54) is 0 Å². The van der Waals surface area contributed by atoms with Crippen LogP contribution in [-0.2, 0) is 9.47 Å². The third-order valence-electron chi connectivity index (χ3n) is 3.00. The van der Waals surface area contributed by atoms with Crippen LogP contribution in [0.5, 0.6) is 0 Å². The van der Waals surface area contributed by atoms with Crippen LogP contribution >= 0.6 is 12.2 Å². The van der Waals surface area contributed by atoms with Gasteiger partial charge in [-0.2, -0.15) is 0 Å². The molecule has 0 spiro atoms. The highest BCUT2D eigenvalue weighted by molar-refractivity contribution is 7.80. The molecule has 0 aromatic rings. The molecule has 0 radical (unpaired) electrons. The van der Waals surface area contributed by atoms with E-state index in [9.17, 15) is 0 Å². The second kappa shape index (κ2) is 7.84. The van der Waals surface area contributed by atoms with Crippen molar-refractivity contribution < 1.29 is 9.47 Å². The lowest BCUT2D eigenvalue weighted by atomic mass is 10.1. The van der Waals surface area contributed by atoms with Gasteiger partial charge >= 0.3 is 0 Å². The van der Waals surface area contributed by atoms with Crippen molar-refractivity contribution >= 4 is 17.3 Å². The van der Waals surface area contributed by atoms with E-state index in [1.54, 1.807) is 7.11 Å². The molecule has 100 valence electrons. The van der Waals surface area contributed by atoms with Crippen LogP contribution in [0.15, 0.2) is 0 Å². The average Bonchev–Trinajstić information content (AvgIpc) is 2.34. The zero-order valence-electron chi connectivity index (χ0n) is 11.1. The minimum Gasteiger partial charge on any atom is -0.385 e. The predicted molar refractivity (Wildman–Crippen MR) is 73.3 cm³/mol. The Morgan fingerprint density at radius 3 is 3.00 bits per heavy atom. The summed E-state index contributed by atoms with van der Waals surface area (Å²) < 4.78 is 10.7. The lowest BCUT2D eigenvalue weighted by Gasteiger charge is -2.40. The number of ether oxygens (including phenoxy) is 2. The van der Waals surface area contributed by atoms with E-state index < -0.39 is 0 Å². The minimum atomic E-state index is 0.261. The standard InChI is InChI=1S/C12H24N2O2S/c1-4-11-9-16-10(2)8-14(11)12(17)13-6-5-7-15-3/h10-11H,4-9H2,1-3H3,(H,13,17). The van der Waals surface area contributed by atoms with E-state index in [-0.39, 0.29) is 6.10 Å². The molecule has 1 fully saturated rings. The van der Waals surface area contributed by atoms with E-state index in [2.05, 4.69) is 24.1 Å². The summed E-state index contributed by atoms with van der Waals surface area (Å²) in [4.78, 5) is 2.26. The van der Waals surface area contributed by atoms with Gasteiger partial charge in [-0.25, -0.2) is 0 Å². The second-order valence-electron chi connectivity index (χ2n) is 4.44. The molecule has 1 N–H and O–H groups in total. The number of hydrogen-bond acceptors (Lipinski definition) is 3. The summed E-state index contributed by atoms with van der Waals surface area (Å²) in [6.07, 6.45) is 2.30. The molecule has 0 amide bonds. The Balaban J connectivity index is 2.36. The average molecular weight is 260 g/mol. The highest BCUT2D eigenvalue weighted by Gasteiger charge is 2.26. The smallest absolute Gasteiger partial charge is 0.169 e. The summed E-state index contributed by atoms with van der Waals surface area (Å²) in [6, 6.07) is 0.411. The molecule has 0 aromatic heterocycles. The van der Waals surface area contributed by atoms with Crippen LogP contribution in [0, 0.1) is 0 Å². The molecule has 2 atom stereocenters. The number of nitrogens with zero attached hydrogens (tertiary/aromatic N) is 1. The van der Waals surface area contributed by atoms with Gasteiger partial charge in [-0.15, -0.1) is 0 Å². The molecular weight excluding hydrogens is 236 g/mol. The molecule has 1 heterocycles. The third kappa shape index (κ3) is 4.77. The topological polar surface area (TPSA) is 33.7 Å². The molecule has 0 saturated carbocycles. The molecular formula is C12H24N2O2S. The molecule has 17 heavy (non-hydrogen) atoms. The fourth-order valence-corrected chi connectivity index (χ4v) is 2.27. The molecule has 1 aliphatic rings. The number of morpholine rings is 1. The summed E-state index contributed by atoms with van der Waals surface area (Å²) in [5, 5.41) is 4.14. The van der Waals surface area contributed by atoms with E-state index in [0.717, 1.165) is 44.3 Å². The number of nitrogens with one attached hydrogen (secondary N) is 1. The first-order valence-corrected chi connectivity index (χ1v) is 6.74. The van der Waals surface area contributed by atoms with E-state index in [4.69, 9.17) is 21.7 Å². The first kappa shape index (κ1) is 14.7. The van der Waals surface area contributed by atoms with Crippen molar-refractivity contribution in [3.05, 3.63) is 0 Å². The van der Waals surface area contributed by atoms with Crippen molar-refractivity contribution in [3.63, 3.8) is 0 Å². The molecule has 0 aliphatic carbocycles. The molecule has 5 heteroatoms.